The van der Waals surface area contributed by atoms with Gasteiger partial charge in [-0.25, -0.2) is 10.8 Å². The molecule has 2 rings (SSSR count). The lowest BCUT2D eigenvalue weighted by molar-refractivity contribution is 0.317. The summed E-state index contributed by atoms with van der Waals surface area (Å²) in [6.07, 6.45) is 4.22. The first-order valence-corrected chi connectivity index (χ1v) is 5.86. The van der Waals surface area contributed by atoms with Gasteiger partial charge in [0.15, 0.2) is 5.82 Å². The Kier molecular flexibility index (Phi) is 4.09. The van der Waals surface area contributed by atoms with E-state index in [0.717, 1.165) is 30.0 Å². The fourth-order valence-electron chi connectivity index (χ4n) is 1.58. The van der Waals surface area contributed by atoms with Crippen LogP contribution in [0.15, 0.2) is 36.7 Å². The van der Waals surface area contributed by atoms with Crippen molar-refractivity contribution in [1.29, 1.82) is 0 Å². The van der Waals surface area contributed by atoms with Crippen molar-refractivity contribution >= 4 is 5.82 Å². The zero-order valence-electron chi connectivity index (χ0n) is 10.3. The summed E-state index contributed by atoms with van der Waals surface area (Å²) in [6.45, 7) is 2.80. The minimum Gasteiger partial charge on any atom is -0.494 e. The molecule has 1 heterocycles. The van der Waals surface area contributed by atoms with Gasteiger partial charge in [0.05, 0.1) is 6.61 Å². The van der Waals surface area contributed by atoms with Crippen LogP contribution in [0.1, 0.15) is 13.3 Å². The molecule has 1 aromatic heterocycles. The molecule has 0 saturated heterocycles. The Bertz CT molecular complexity index is 499. The molecule has 5 nitrogen and oxygen atoms in total. The van der Waals surface area contributed by atoms with Crippen LogP contribution in [0.25, 0.3) is 11.3 Å². The number of rotatable bonds is 5. The summed E-state index contributed by atoms with van der Waals surface area (Å²) in [4.78, 5) is 8.38. The summed E-state index contributed by atoms with van der Waals surface area (Å²) in [6, 6.07) is 7.71. The van der Waals surface area contributed by atoms with Crippen molar-refractivity contribution in [3.05, 3.63) is 36.7 Å². The van der Waals surface area contributed by atoms with Gasteiger partial charge in [0.1, 0.15) is 11.4 Å². The fraction of sp³-hybridized carbons (Fsp3) is 0.231. The zero-order valence-corrected chi connectivity index (χ0v) is 10.3. The molecular formula is C13H16N4O. The van der Waals surface area contributed by atoms with Gasteiger partial charge in [0.25, 0.3) is 0 Å². The van der Waals surface area contributed by atoms with Crippen LogP contribution < -0.4 is 16.0 Å². The van der Waals surface area contributed by atoms with E-state index in [-0.39, 0.29) is 0 Å². The van der Waals surface area contributed by atoms with E-state index in [0.29, 0.717) is 5.82 Å². The topological polar surface area (TPSA) is 73.1 Å². The summed E-state index contributed by atoms with van der Waals surface area (Å²) in [5.74, 6) is 6.82. The molecular weight excluding hydrogens is 228 g/mol. The second kappa shape index (κ2) is 5.97. The summed E-state index contributed by atoms with van der Waals surface area (Å²) in [5, 5.41) is 0. The molecule has 0 aliphatic heterocycles. The van der Waals surface area contributed by atoms with Gasteiger partial charge >= 0.3 is 0 Å². The first kappa shape index (κ1) is 12.3. The monoisotopic (exact) mass is 244 g/mol. The maximum absolute atomic E-state index is 5.53. The molecule has 5 heteroatoms. The first-order valence-electron chi connectivity index (χ1n) is 5.86. The smallest absolute Gasteiger partial charge is 0.166 e. The fourth-order valence-corrected chi connectivity index (χ4v) is 1.58. The molecule has 3 N–H and O–H groups in total. The molecule has 0 amide bonds. The molecule has 1 aromatic carbocycles. The number of nitrogens with one attached hydrogen (secondary N) is 1. The molecule has 18 heavy (non-hydrogen) atoms. The summed E-state index contributed by atoms with van der Waals surface area (Å²) in [5.41, 5.74) is 4.21. The highest BCUT2D eigenvalue weighted by atomic mass is 16.5. The van der Waals surface area contributed by atoms with E-state index in [1.165, 1.54) is 0 Å². The van der Waals surface area contributed by atoms with Crippen molar-refractivity contribution in [2.75, 3.05) is 12.0 Å². The van der Waals surface area contributed by atoms with E-state index >= 15 is 0 Å². The maximum atomic E-state index is 5.53. The predicted molar refractivity (Wildman–Crippen MR) is 71.1 cm³/mol. The van der Waals surface area contributed by atoms with Crippen LogP contribution >= 0.6 is 0 Å². The van der Waals surface area contributed by atoms with Gasteiger partial charge in [-0.2, -0.15) is 0 Å². The molecule has 0 spiro atoms. The molecule has 2 aromatic rings. The van der Waals surface area contributed by atoms with Gasteiger partial charge in [-0.3, -0.25) is 4.98 Å². The van der Waals surface area contributed by atoms with Gasteiger partial charge in [-0.05, 0) is 30.7 Å². The Labute approximate surface area is 106 Å². The Hall–Kier alpha value is -2.14. The minimum atomic E-state index is 0.555. The van der Waals surface area contributed by atoms with Crippen LogP contribution in [0.4, 0.5) is 5.82 Å². The largest absolute Gasteiger partial charge is 0.494 e. The average Bonchev–Trinajstić information content (AvgIpc) is 2.45. The zero-order chi connectivity index (χ0) is 12.8. The molecule has 94 valence electrons. The molecule has 0 aliphatic carbocycles. The number of nitrogens with two attached hydrogens (primary N) is 1. The van der Waals surface area contributed by atoms with Crippen LogP contribution in [0, 0.1) is 0 Å². The highest BCUT2D eigenvalue weighted by molar-refractivity contribution is 5.71. The van der Waals surface area contributed by atoms with Crippen molar-refractivity contribution in [1.82, 2.24) is 9.97 Å². The lowest BCUT2D eigenvalue weighted by atomic mass is 10.1. The quantitative estimate of drug-likeness (QED) is 0.623. The Morgan fingerprint density at radius 1 is 1.17 bits per heavy atom. The number of ether oxygens (including phenoxy) is 1. The number of hydrogen-bond donors (Lipinski definition) is 2. The lowest BCUT2D eigenvalue weighted by Crippen LogP contribution is -2.10. The van der Waals surface area contributed by atoms with Gasteiger partial charge in [0, 0.05) is 18.0 Å². The molecule has 0 fully saturated rings. The Balaban J connectivity index is 2.23. The number of anilines is 1. The van der Waals surface area contributed by atoms with E-state index in [2.05, 4.69) is 22.3 Å². The number of nitrogens with zero attached hydrogens (tertiary/aromatic N) is 2. The second-order valence-electron chi connectivity index (χ2n) is 3.77. The Morgan fingerprint density at radius 2 is 1.89 bits per heavy atom. The van der Waals surface area contributed by atoms with Crippen LogP contribution in [0.2, 0.25) is 0 Å². The number of hydrazine groups is 1. The SMILES string of the molecule is CCCOc1ccc(-c2nccnc2NN)cc1. The van der Waals surface area contributed by atoms with Crippen LogP contribution in [-0.4, -0.2) is 16.6 Å². The molecule has 0 radical (unpaired) electrons. The van der Waals surface area contributed by atoms with Crippen molar-refractivity contribution in [2.24, 2.45) is 5.84 Å². The van der Waals surface area contributed by atoms with Crippen LogP contribution in [0.3, 0.4) is 0 Å². The molecule has 0 bridgehead atoms. The van der Waals surface area contributed by atoms with E-state index in [9.17, 15) is 0 Å². The highest BCUT2D eigenvalue weighted by Gasteiger charge is 2.06. The van der Waals surface area contributed by atoms with Gasteiger partial charge in [0.2, 0.25) is 0 Å². The lowest BCUT2D eigenvalue weighted by Gasteiger charge is -2.08. The molecule has 0 saturated carbocycles. The van der Waals surface area contributed by atoms with E-state index in [1.807, 2.05) is 24.3 Å². The molecule has 0 unspecified atom stereocenters. The van der Waals surface area contributed by atoms with Gasteiger partial charge in [-0.1, -0.05) is 6.92 Å². The number of benzene rings is 1. The normalized spacial score (nSPS) is 10.1. The van der Waals surface area contributed by atoms with E-state index in [1.54, 1.807) is 12.4 Å². The predicted octanol–water partition coefficient (Wildman–Crippen LogP) is 2.22. The number of hydrogen-bond acceptors (Lipinski definition) is 5. The highest BCUT2D eigenvalue weighted by Crippen LogP contribution is 2.24. The standard InChI is InChI=1S/C13H16N4O/c1-2-9-18-11-5-3-10(4-6-11)12-13(17-14)16-8-7-15-12/h3-8H,2,9,14H2,1H3,(H,16,17). The number of aromatic nitrogens is 2. The van der Waals surface area contributed by atoms with Gasteiger partial charge in [-0.15, -0.1) is 0 Å². The maximum Gasteiger partial charge on any atom is 0.166 e. The minimum absolute atomic E-state index is 0.555. The molecule has 0 aliphatic rings. The Morgan fingerprint density at radius 3 is 2.56 bits per heavy atom. The summed E-state index contributed by atoms with van der Waals surface area (Å²) < 4.78 is 5.53. The van der Waals surface area contributed by atoms with Gasteiger partial charge < -0.3 is 10.2 Å². The second-order valence-corrected chi connectivity index (χ2v) is 3.77. The summed E-state index contributed by atoms with van der Waals surface area (Å²) in [7, 11) is 0. The third-order valence-electron chi connectivity index (χ3n) is 2.44. The van der Waals surface area contributed by atoms with E-state index < -0.39 is 0 Å². The third kappa shape index (κ3) is 2.75. The van der Waals surface area contributed by atoms with Crippen LogP contribution in [0.5, 0.6) is 5.75 Å². The van der Waals surface area contributed by atoms with Crippen LogP contribution in [-0.2, 0) is 0 Å². The van der Waals surface area contributed by atoms with Crippen molar-refractivity contribution in [3.63, 3.8) is 0 Å². The van der Waals surface area contributed by atoms with Crippen molar-refractivity contribution in [3.8, 4) is 17.0 Å². The van der Waals surface area contributed by atoms with Crippen molar-refractivity contribution < 1.29 is 4.74 Å². The van der Waals surface area contributed by atoms with Crippen molar-refractivity contribution in [2.45, 2.75) is 13.3 Å². The first-order chi connectivity index (χ1) is 8.85. The number of nitrogen functional groups attached to an aromatic ring is 1. The van der Waals surface area contributed by atoms with E-state index in [4.69, 9.17) is 10.6 Å². The third-order valence-corrected chi connectivity index (χ3v) is 2.44. The molecule has 0 atom stereocenters. The summed E-state index contributed by atoms with van der Waals surface area (Å²) >= 11 is 0. The average molecular weight is 244 g/mol.